The molecule has 0 spiro atoms. The van der Waals surface area contributed by atoms with Crippen LogP contribution in [0.2, 0.25) is 0 Å². The molecular formula is C19H21NO. The lowest BCUT2D eigenvalue weighted by Gasteiger charge is -2.14. The lowest BCUT2D eigenvalue weighted by molar-refractivity contribution is 0.305. The standard InChI is InChI=1S/C19H21NO/c1-16(19-8-3-2-4-9-19)20-15-18-12-10-17(11-13-18)7-5-6-14-21/h2-4,8-13,16,20-21H,6,14-15H2,1H3/t16-/m1/s1. The fraction of sp³-hybridized carbons (Fsp3) is 0.263. The number of aliphatic hydroxyl groups excluding tert-OH is 1. The first-order valence-electron chi connectivity index (χ1n) is 7.26. The summed E-state index contributed by atoms with van der Waals surface area (Å²) in [6.45, 7) is 3.12. The highest BCUT2D eigenvalue weighted by molar-refractivity contribution is 5.36. The molecule has 0 heterocycles. The van der Waals surface area contributed by atoms with Gasteiger partial charge >= 0.3 is 0 Å². The van der Waals surface area contributed by atoms with Gasteiger partial charge in [0.15, 0.2) is 0 Å². The summed E-state index contributed by atoms with van der Waals surface area (Å²) in [5.41, 5.74) is 3.53. The van der Waals surface area contributed by atoms with E-state index in [0.717, 1.165) is 12.1 Å². The molecule has 2 aromatic rings. The lowest BCUT2D eigenvalue weighted by atomic mass is 10.1. The van der Waals surface area contributed by atoms with E-state index >= 15 is 0 Å². The van der Waals surface area contributed by atoms with Crippen LogP contribution in [-0.2, 0) is 6.54 Å². The molecule has 2 nitrogen and oxygen atoms in total. The largest absolute Gasteiger partial charge is 0.395 e. The molecule has 0 aliphatic carbocycles. The summed E-state index contributed by atoms with van der Waals surface area (Å²) in [5.74, 6) is 5.96. The number of hydrogen-bond acceptors (Lipinski definition) is 2. The quantitative estimate of drug-likeness (QED) is 0.823. The number of benzene rings is 2. The summed E-state index contributed by atoms with van der Waals surface area (Å²) in [5, 5.41) is 12.2. The van der Waals surface area contributed by atoms with Gasteiger partial charge in [0.2, 0.25) is 0 Å². The van der Waals surface area contributed by atoms with Crippen LogP contribution in [0.3, 0.4) is 0 Å². The second kappa shape index (κ2) is 8.26. The second-order valence-corrected chi connectivity index (χ2v) is 4.99. The summed E-state index contributed by atoms with van der Waals surface area (Å²) >= 11 is 0. The normalized spacial score (nSPS) is 11.5. The molecule has 1 atom stereocenters. The van der Waals surface area contributed by atoms with Crippen molar-refractivity contribution in [1.82, 2.24) is 5.32 Å². The number of nitrogens with one attached hydrogen (secondary N) is 1. The summed E-state index contributed by atoms with van der Waals surface area (Å²) in [4.78, 5) is 0. The van der Waals surface area contributed by atoms with E-state index in [1.807, 2.05) is 18.2 Å². The second-order valence-electron chi connectivity index (χ2n) is 4.99. The molecule has 0 radical (unpaired) electrons. The van der Waals surface area contributed by atoms with Crippen LogP contribution < -0.4 is 5.32 Å². The SMILES string of the molecule is C[C@@H](NCc1ccc(C#CCCO)cc1)c1ccccc1. The van der Waals surface area contributed by atoms with E-state index in [9.17, 15) is 0 Å². The molecule has 0 saturated carbocycles. The Morgan fingerprint density at radius 3 is 2.43 bits per heavy atom. The van der Waals surface area contributed by atoms with Crippen molar-refractivity contribution < 1.29 is 5.11 Å². The molecular weight excluding hydrogens is 258 g/mol. The summed E-state index contributed by atoms with van der Waals surface area (Å²) in [6.07, 6.45) is 0.526. The maximum atomic E-state index is 8.69. The predicted octanol–water partition coefficient (Wildman–Crippen LogP) is 3.27. The Bertz CT molecular complexity index is 593. The Balaban J connectivity index is 1.88. The van der Waals surface area contributed by atoms with E-state index in [1.54, 1.807) is 0 Å². The highest BCUT2D eigenvalue weighted by Crippen LogP contribution is 2.12. The van der Waals surface area contributed by atoms with E-state index in [2.05, 4.69) is 60.5 Å². The molecule has 0 aliphatic rings. The molecule has 0 aromatic heterocycles. The molecule has 2 N–H and O–H groups in total. The summed E-state index contributed by atoms with van der Waals surface area (Å²) < 4.78 is 0. The van der Waals surface area contributed by atoms with Crippen LogP contribution in [0, 0.1) is 11.8 Å². The van der Waals surface area contributed by atoms with Gasteiger partial charge in [-0.1, -0.05) is 54.3 Å². The van der Waals surface area contributed by atoms with E-state index in [4.69, 9.17) is 5.11 Å². The zero-order valence-corrected chi connectivity index (χ0v) is 12.3. The molecule has 21 heavy (non-hydrogen) atoms. The first kappa shape index (κ1) is 15.3. The van der Waals surface area contributed by atoms with E-state index in [0.29, 0.717) is 12.5 Å². The van der Waals surface area contributed by atoms with Gasteiger partial charge in [0.1, 0.15) is 0 Å². The molecule has 2 heteroatoms. The van der Waals surface area contributed by atoms with Crippen LogP contribution in [0.25, 0.3) is 0 Å². The fourth-order valence-corrected chi connectivity index (χ4v) is 2.06. The average Bonchev–Trinajstić information content (AvgIpc) is 2.55. The topological polar surface area (TPSA) is 32.3 Å². The van der Waals surface area contributed by atoms with Crippen molar-refractivity contribution in [2.75, 3.05) is 6.61 Å². The third-order valence-electron chi connectivity index (χ3n) is 3.34. The molecule has 0 amide bonds. The first-order chi connectivity index (χ1) is 10.3. The molecule has 108 valence electrons. The van der Waals surface area contributed by atoms with Crippen LogP contribution in [0.5, 0.6) is 0 Å². The highest BCUT2D eigenvalue weighted by Gasteiger charge is 2.03. The molecule has 0 fully saturated rings. The Hall–Kier alpha value is -2.08. The molecule has 0 saturated heterocycles. The van der Waals surface area contributed by atoms with Gasteiger partial charge in [-0.2, -0.15) is 0 Å². The highest BCUT2D eigenvalue weighted by atomic mass is 16.2. The van der Waals surface area contributed by atoms with Crippen molar-refractivity contribution in [3.05, 3.63) is 71.3 Å². The average molecular weight is 279 g/mol. The van der Waals surface area contributed by atoms with Gasteiger partial charge in [0.25, 0.3) is 0 Å². The van der Waals surface area contributed by atoms with Gasteiger partial charge in [-0.05, 0) is 30.2 Å². The minimum Gasteiger partial charge on any atom is -0.395 e. The predicted molar refractivity (Wildman–Crippen MR) is 86.7 cm³/mol. The third-order valence-corrected chi connectivity index (χ3v) is 3.34. The van der Waals surface area contributed by atoms with E-state index in [1.165, 1.54) is 11.1 Å². The van der Waals surface area contributed by atoms with Gasteiger partial charge in [-0.25, -0.2) is 0 Å². The minimum atomic E-state index is 0.117. The van der Waals surface area contributed by atoms with Crippen molar-refractivity contribution in [1.29, 1.82) is 0 Å². The van der Waals surface area contributed by atoms with E-state index in [-0.39, 0.29) is 6.61 Å². The van der Waals surface area contributed by atoms with Crippen molar-refractivity contribution in [3.63, 3.8) is 0 Å². The van der Waals surface area contributed by atoms with Gasteiger partial charge in [-0.3, -0.25) is 0 Å². The first-order valence-corrected chi connectivity index (χ1v) is 7.26. The van der Waals surface area contributed by atoms with Crippen LogP contribution >= 0.6 is 0 Å². The Labute approximate surface area is 126 Å². The molecule has 2 rings (SSSR count). The van der Waals surface area contributed by atoms with Gasteiger partial charge < -0.3 is 10.4 Å². The molecule has 0 bridgehead atoms. The zero-order chi connectivity index (χ0) is 14.9. The smallest absolute Gasteiger partial charge is 0.0540 e. The molecule has 0 unspecified atom stereocenters. The fourth-order valence-electron chi connectivity index (χ4n) is 2.06. The molecule has 0 aliphatic heterocycles. The van der Waals surface area contributed by atoms with Gasteiger partial charge in [0.05, 0.1) is 6.61 Å². The van der Waals surface area contributed by atoms with Crippen LogP contribution in [-0.4, -0.2) is 11.7 Å². The van der Waals surface area contributed by atoms with Crippen molar-refractivity contribution in [3.8, 4) is 11.8 Å². The van der Waals surface area contributed by atoms with Gasteiger partial charge in [0, 0.05) is 24.6 Å². The van der Waals surface area contributed by atoms with E-state index < -0.39 is 0 Å². The number of rotatable bonds is 5. The lowest BCUT2D eigenvalue weighted by Crippen LogP contribution is -2.17. The summed E-state index contributed by atoms with van der Waals surface area (Å²) in [6, 6.07) is 19.0. The zero-order valence-electron chi connectivity index (χ0n) is 12.3. The van der Waals surface area contributed by atoms with Crippen molar-refractivity contribution in [2.24, 2.45) is 0 Å². The number of aliphatic hydroxyl groups is 1. The monoisotopic (exact) mass is 279 g/mol. The Kier molecular flexibility index (Phi) is 6.02. The number of hydrogen-bond donors (Lipinski definition) is 2. The summed E-state index contributed by atoms with van der Waals surface area (Å²) in [7, 11) is 0. The third kappa shape index (κ3) is 5.07. The minimum absolute atomic E-state index is 0.117. The van der Waals surface area contributed by atoms with Crippen molar-refractivity contribution >= 4 is 0 Å². The maximum Gasteiger partial charge on any atom is 0.0540 e. The van der Waals surface area contributed by atoms with Crippen LogP contribution in [0.4, 0.5) is 0 Å². The maximum absolute atomic E-state index is 8.69. The van der Waals surface area contributed by atoms with Gasteiger partial charge in [-0.15, -0.1) is 0 Å². The van der Waals surface area contributed by atoms with Crippen LogP contribution in [0.15, 0.2) is 54.6 Å². The van der Waals surface area contributed by atoms with Crippen LogP contribution in [0.1, 0.15) is 36.1 Å². The van der Waals surface area contributed by atoms with Crippen molar-refractivity contribution in [2.45, 2.75) is 25.9 Å². The molecule has 2 aromatic carbocycles. The Morgan fingerprint density at radius 1 is 1.05 bits per heavy atom. The Morgan fingerprint density at radius 2 is 1.76 bits per heavy atom.